The lowest BCUT2D eigenvalue weighted by molar-refractivity contribution is -0.153. The molecule has 1 amide bonds. The normalized spacial score (nSPS) is 25.5. The average molecular weight is 283 g/mol. The van der Waals surface area contributed by atoms with Crippen molar-refractivity contribution in [3.8, 4) is 0 Å². The molecule has 0 aromatic rings. The summed E-state index contributed by atoms with van der Waals surface area (Å²) in [7, 11) is 0. The summed E-state index contributed by atoms with van der Waals surface area (Å²) in [5.74, 6) is -0.0977. The molecule has 0 spiro atoms. The smallest absolute Gasteiger partial charge is 0.324 e. The van der Waals surface area contributed by atoms with Gasteiger partial charge >= 0.3 is 5.97 Å². The van der Waals surface area contributed by atoms with E-state index in [0.29, 0.717) is 19.7 Å². The van der Waals surface area contributed by atoms with Crippen molar-refractivity contribution in [3.63, 3.8) is 0 Å². The van der Waals surface area contributed by atoms with Crippen LogP contribution < -0.4 is 5.32 Å². The van der Waals surface area contributed by atoms with Crippen molar-refractivity contribution >= 4 is 11.9 Å². The molecule has 0 bridgehead atoms. The number of amides is 1. The van der Waals surface area contributed by atoms with Crippen LogP contribution in [0.4, 0.5) is 0 Å². The van der Waals surface area contributed by atoms with Gasteiger partial charge in [-0.05, 0) is 26.7 Å². The van der Waals surface area contributed by atoms with Gasteiger partial charge in [0.15, 0.2) is 0 Å². The summed E-state index contributed by atoms with van der Waals surface area (Å²) in [6.45, 7) is 7.82. The molecule has 2 saturated heterocycles. The second-order valence-electron chi connectivity index (χ2n) is 5.42. The monoisotopic (exact) mass is 283 g/mol. The fourth-order valence-electron chi connectivity index (χ4n) is 2.98. The van der Waals surface area contributed by atoms with Crippen LogP contribution in [0.3, 0.4) is 0 Å². The molecule has 6 heteroatoms. The minimum Gasteiger partial charge on any atom is -0.465 e. The van der Waals surface area contributed by atoms with Gasteiger partial charge in [0.2, 0.25) is 5.91 Å². The van der Waals surface area contributed by atoms with Crippen molar-refractivity contribution in [1.29, 1.82) is 0 Å². The Morgan fingerprint density at radius 2 is 2.00 bits per heavy atom. The zero-order valence-corrected chi connectivity index (χ0v) is 12.4. The third-order valence-electron chi connectivity index (χ3n) is 4.12. The molecule has 114 valence electrons. The fourth-order valence-corrected chi connectivity index (χ4v) is 2.98. The lowest BCUT2D eigenvalue weighted by atomic mass is 10.1. The highest BCUT2D eigenvalue weighted by Gasteiger charge is 2.37. The van der Waals surface area contributed by atoms with Crippen LogP contribution in [-0.4, -0.2) is 73.1 Å². The number of esters is 1. The predicted molar refractivity (Wildman–Crippen MR) is 75.3 cm³/mol. The molecule has 2 rings (SSSR count). The maximum absolute atomic E-state index is 12.5. The second-order valence-corrected chi connectivity index (χ2v) is 5.42. The molecule has 6 nitrogen and oxygen atoms in total. The Bertz CT molecular complexity index is 356. The van der Waals surface area contributed by atoms with Gasteiger partial charge in [-0.25, -0.2) is 0 Å². The van der Waals surface area contributed by atoms with Crippen molar-refractivity contribution in [2.45, 2.75) is 38.8 Å². The molecule has 2 atom stereocenters. The molecule has 2 unspecified atom stereocenters. The van der Waals surface area contributed by atoms with Gasteiger partial charge in [0.1, 0.15) is 6.04 Å². The molecule has 1 N–H and O–H groups in total. The summed E-state index contributed by atoms with van der Waals surface area (Å²) < 4.78 is 5.12. The van der Waals surface area contributed by atoms with Crippen molar-refractivity contribution in [1.82, 2.24) is 15.1 Å². The molecule has 0 aliphatic carbocycles. The number of hydrogen-bond donors (Lipinski definition) is 1. The number of hydrogen-bond acceptors (Lipinski definition) is 5. The summed E-state index contributed by atoms with van der Waals surface area (Å²) >= 11 is 0. The van der Waals surface area contributed by atoms with Gasteiger partial charge in [-0.1, -0.05) is 0 Å². The SMILES string of the molecule is CCOC(=O)C1CNCCN1C(C)C(=O)N1CCCC1. The number of piperazine rings is 1. The van der Waals surface area contributed by atoms with E-state index in [1.54, 1.807) is 6.92 Å². The summed E-state index contributed by atoms with van der Waals surface area (Å²) in [6, 6.07) is -0.616. The van der Waals surface area contributed by atoms with Gasteiger partial charge in [0, 0.05) is 32.7 Å². The maximum Gasteiger partial charge on any atom is 0.324 e. The molecule has 0 aromatic carbocycles. The van der Waals surface area contributed by atoms with E-state index in [2.05, 4.69) is 5.32 Å². The van der Waals surface area contributed by atoms with Crippen LogP contribution in [0.25, 0.3) is 0 Å². The summed E-state index contributed by atoms with van der Waals surface area (Å²) in [4.78, 5) is 28.4. The van der Waals surface area contributed by atoms with E-state index in [9.17, 15) is 9.59 Å². The Morgan fingerprint density at radius 1 is 1.30 bits per heavy atom. The van der Waals surface area contributed by atoms with Crippen molar-refractivity contribution < 1.29 is 14.3 Å². The number of carbonyl (C=O) groups excluding carboxylic acids is 2. The first-order valence-corrected chi connectivity index (χ1v) is 7.57. The van der Waals surface area contributed by atoms with Gasteiger partial charge in [-0.3, -0.25) is 14.5 Å². The zero-order valence-electron chi connectivity index (χ0n) is 12.4. The third kappa shape index (κ3) is 3.30. The highest BCUT2D eigenvalue weighted by atomic mass is 16.5. The first-order valence-electron chi connectivity index (χ1n) is 7.57. The van der Waals surface area contributed by atoms with E-state index >= 15 is 0 Å². The Kier molecular flexibility index (Phi) is 5.37. The minimum absolute atomic E-state index is 0.138. The number of nitrogens with one attached hydrogen (secondary N) is 1. The van der Waals surface area contributed by atoms with Crippen LogP contribution in [-0.2, 0) is 14.3 Å². The molecular weight excluding hydrogens is 258 g/mol. The Hall–Kier alpha value is -1.14. The quantitative estimate of drug-likeness (QED) is 0.726. The standard InChI is InChI=1S/C14H25N3O3/c1-3-20-14(19)12-10-15-6-9-17(12)11(2)13(18)16-7-4-5-8-16/h11-12,15H,3-10H2,1-2H3. The van der Waals surface area contributed by atoms with Gasteiger partial charge in [0.25, 0.3) is 0 Å². The number of ether oxygens (including phenoxy) is 1. The van der Waals surface area contributed by atoms with E-state index in [4.69, 9.17) is 4.74 Å². The van der Waals surface area contributed by atoms with Crippen molar-refractivity contribution in [3.05, 3.63) is 0 Å². The largest absolute Gasteiger partial charge is 0.465 e. The first-order chi connectivity index (χ1) is 9.65. The Labute approximate surface area is 120 Å². The maximum atomic E-state index is 12.5. The zero-order chi connectivity index (χ0) is 14.5. The number of carbonyl (C=O) groups is 2. The number of nitrogens with zero attached hydrogens (tertiary/aromatic N) is 2. The van der Waals surface area contributed by atoms with Crippen LogP contribution in [0.5, 0.6) is 0 Å². The molecule has 20 heavy (non-hydrogen) atoms. The van der Waals surface area contributed by atoms with Gasteiger partial charge in [-0.2, -0.15) is 0 Å². The van der Waals surface area contributed by atoms with E-state index in [1.165, 1.54) is 0 Å². The predicted octanol–water partition coefficient (Wildman–Crippen LogP) is -0.166. The first kappa shape index (κ1) is 15.3. The van der Waals surface area contributed by atoms with Crippen LogP contribution in [0.1, 0.15) is 26.7 Å². The fraction of sp³-hybridized carbons (Fsp3) is 0.857. The molecule has 2 heterocycles. The molecule has 2 aliphatic heterocycles. The van der Waals surface area contributed by atoms with Gasteiger partial charge in [-0.15, -0.1) is 0 Å². The number of rotatable bonds is 4. The highest BCUT2D eigenvalue weighted by Crippen LogP contribution is 2.16. The van der Waals surface area contributed by atoms with Crippen molar-refractivity contribution in [2.75, 3.05) is 39.3 Å². The van der Waals surface area contributed by atoms with E-state index in [1.807, 2.05) is 16.7 Å². The van der Waals surface area contributed by atoms with Crippen LogP contribution in [0.2, 0.25) is 0 Å². The van der Waals surface area contributed by atoms with Gasteiger partial charge < -0.3 is 15.0 Å². The molecule has 0 aromatic heterocycles. The second kappa shape index (κ2) is 7.04. The van der Waals surface area contributed by atoms with E-state index in [-0.39, 0.29) is 24.0 Å². The lowest BCUT2D eigenvalue weighted by Gasteiger charge is -2.39. The third-order valence-corrected chi connectivity index (χ3v) is 4.12. The topological polar surface area (TPSA) is 61.9 Å². The van der Waals surface area contributed by atoms with E-state index in [0.717, 1.165) is 32.5 Å². The van der Waals surface area contributed by atoms with Crippen molar-refractivity contribution in [2.24, 2.45) is 0 Å². The molecule has 0 radical (unpaired) electrons. The van der Waals surface area contributed by atoms with Crippen LogP contribution in [0, 0.1) is 0 Å². The molecule has 0 saturated carbocycles. The molecule has 2 aliphatic rings. The highest BCUT2D eigenvalue weighted by molar-refractivity contribution is 5.83. The lowest BCUT2D eigenvalue weighted by Crippen LogP contribution is -2.61. The Morgan fingerprint density at radius 3 is 2.65 bits per heavy atom. The van der Waals surface area contributed by atoms with Crippen LogP contribution >= 0.6 is 0 Å². The van der Waals surface area contributed by atoms with Crippen LogP contribution in [0.15, 0.2) is 0 Å². The summed E-state index contributed by atoms with van der Waals surface area (Å²) in [5.41, 5.74) is 0. The molecule has 2 fully saturated rings. The Balaban J connectivity index is 2.02. The minimum atomic E-state index is -0.356. The molecular formula is C14H25N3O3. The summed E-state index contributed by atoms with van der Waals surface area (Å²) in [6.07, 6.45) is 2.17. The number of likely N-dealkylation sites (tertiary alicyclic amines) is 1. The average Bonchev–Trinajstić information content (AvgIpc) is 3.00. The summed E-state index contributed by atoms with van der Waals surface area (Å²) in [5, 5.41) is 3.20. The van der Waals surface area contributed by atoms with Gasteiger partial charge in [0.05, 0.1) is 12.6 Å². The van der Waals surface area contributed by atoms with E-state index < -0.39 is 0 Å².